The van der Waals surface area contributed by atoms with Gasteiger partial charge in [-0.15, -0.1) is 0 Å². The first-order chi connectivity index (χ1) is 14.9. The number of hydrogen-bond acceptors (Lipinski definition) is 5. The van der Waals surface area contributed by atoms with E-state index in [0.29, 0.717) is 30.6 Å². The number of nitrogens with zero attached hydrogens (tertiary/aromatic N) is 2. The lowest BCUT2D eigenvalue weighted by Crippen LogP contribution is -2.55. The summed E-state index contributed by atoms with van der Waals surface area (Å²) in [4.78, 5) is 2.01. The highest BCUT2D eigenvalue weighted by Crippen LogP contribution is 2.60. The largest absolute Gasteiger partial charge is 0.507 e. The van der Waals surface area contributed by atoms with Gasteiger partial charge in [0.05, 0.1) is 16.8 Å². The van der Waals surface area contributed by atoms with Gasteiger partial charge in [-0.2, -0.15) is 13.2 Å². The van der Waals surface area contributed by atoms with Gasteiger partial charge in [0, 0.05) is 24.5 Å². The standard InChI is InChI=1S/C22H24F4N2O3S/c1-15-13-21(8-10-32(30,31)28(21)18-4-2-3-17(23)12-18)7-9-27(15)14-16-5-6-20(29)19(11-16)22(24,25)26/h2-6,8,10-12,15,29-31H,7,9,13-14H2,1H3/t15-,21-/m0/s1. The van der Waals surface area contributed by atoms with Crippen molar-refractivity contribution in [2.45, 2.75) is 44.1 Å². The minimum Gasteiger partial charge on any atom is -0.507 e. The highest BCUT2D eigenvalue weighted by molar-refractivity contribution is 8.28. The van der Waals surface area contributed by atoms with Crippen LogP contribution in [0.5, 0.6) is 5.75 Å². The van der Waals surface area contributed by atoms with Crippen LogP contribution in [0.15, 0.2) is 53.9 Å². The molecule has 1 spiro atoms. The zero-order chi connectivity index (χ0) is 23.3. The molecule has 0 unspecified atom stereocenters. The Morgan fingerprint density at radius 1 is 1.16 bits per heavy atom. The molecule has 2 aromatic carbocycles. The van der Waals surface area contributed by atoms with Crippen molar-refractivity contribution >= 4 is 16.5 Å². The summed E-state index contributed by atoms with van der Waals surface area (Å²) in [6, 6.07) is 9.03. The second kappa shape index (κ2) is 7.95. The van der Waals surface area contributed by atoms with Crippen molar-refractivity contribution in [3.63, 3.8) is 0 Å². The van der Waals surface area contributed by atoms with Gasteiger partial charge in [-0.05, 0) is 61.7 Å². The Bertz CT molecular complexity index is 1050. The van der Waals surface area contributed by atoms with E-state index in [1.807, 2.05) is 11.8 Å². The number of hydrogen-bond donors (Lipinski definition) is 3. The predicted molar refractivity (Wildman–Crippen MR) is 116 cm³/mol. The van der Waals surface area contributed by atoms with Gasteiger partial charge in [0.25, 0.3) is 0 Å². The van der Waals surface area contributed by atoms with Crippen molar-refractivity contribution in [2.24, 2.45) is 0 Å². The van der Waals surface area contributed by atoms with Gasteiger partial charge in [-0.3, -0.25) is 18.3 Å². The van der Waals surface area contributed by atoms with Crippen molar-refractivity contribution in [3.05, 3.63) is 70.9 Å². The van der Waals surface area contributed by atoms with Crippen LogP contribution in [0.1, 0.15) is 30.9 Å². The van der Waals surface area contributed by atoms with Crippen molar-refractivity contribution in [2.75, 3.05) is 10.8 Å². The van der Waals surface area contributed by atoms with Gasteiger partial charge in [0.15, 0.2) is 0 Å². The van der Waals surface area contributed by atoms with Crippen LogP contribution in [0, 0.1) is 5.82 Å². The quantitative estimate of drug-likeness (QED) is 0.480. The second-order valence-electron chi connectivity index (χ2n) is 8.36. The number of phenolic OH excluding ortho intramolecular Hbond substituents is 1. The number of phenols is 1. The van der Waals surface area contributed by atoms with Gasteiger partial charge >= 0.3 is 6.18 Å². The van der Waals surface area contributed by atoms with E-state index in [-0.39, 0.29) is 12.6 Å². The topological polar surface area (TPSA) is 67.2 Å². The first-order valence-corrected chi connectivity index (χ1v) is 11.6. The summed E-state index contributed by atoms with van der Waals surface area (Å²) in [5.41, 5.74) is -1.02. The third kappa shape index (κ3) is 4.19. The number of likely N-dealkylation sites (tertiary alicyclic amines) is 1. The van der Waals surface area contributed by atoms with Crippen LogP contribution in [0.2, 0.25) is 0 Å². The Balaban J connectivity index is 1.56. The monoisotopic (exact) mass is 472 g/mol. The van der Waals surface area contributed by atoms with E-state index >= 15 is 0 Å². The molecule has 2 aliphatic rings. The number of anilines is 1. The van der Waals surface area contributed by atoms with E-state index in [9.17, 15) is 31.8 Å². The average Bonchev–Trinajstić information content (AvgIpc) is 2.94. The highest BCUT2D eigenvalue weighted by Gasteiger charge is 2.49. The number of benzene rings is 2. The van der Waals surface area contributed by atoms with Crippen LogP contribution >= 0.6 is 10.8 Å². The van der Waals surface area contributed by atoms with Crippen LogP contribution in [0.3, 0.4) is 0 Å². The van der Waals surface area contributed by atoms with E-state index < -0.39 is 39.6 Å². The lowest BCUT2D eigenvalue weighted by molar-refractivity contribution is -0.138. The van der Waals surface area contributed by atoms with Gasteiger partial charge in [0.2, 0.25) is 0 Å². The molecule has 0 radical (unpaired) electrons. The average molecular weight is 473 g/mol. The Kier molecular flexibility index (Phi) is 5.69. The molecule has 174 valence electrons. The number of piperidine rings is 1. The molecule has 0 amide bonds. The molecule has 32 heavy (non-hydrogen) atoms. The first kappa shape index (κ1) is 22.9. The maximum atomic E-state index is 13.8. The van der Waals surface area contributed by atoms with Crippen LogP contribution < -0.4 is 4.31 Å². The van der Waals surface area contributed by atoms with Crippen LogP contribution in [-0.2, 0) is 12.7 Å². The Labute approximate surface area is 185 Å². The maximum Gasteiger partial charge on any atom is 0.419 e. The van der Waals surface area contributed by atoms with Crippen molar-refractivity contribution in [1.82, 2.24) is 4.90 Å². The number of aromatic hydroxyl groups is 1. The van der Waals surface area contributed by atoms with Gasteiger partial charge in [-0.1, -0.05) is 22.9 Å². The van der Waals surface area contributed by atoms with E-state index in [1.54, 1.807) is 12.1 Å². The van der Waals surface area contributed by atoms with Crippen molar-refractivity contribution < 1.29 is 31.8 Å². The Hall–Kier alpha value is -2.27. The van der Waals surface area contributed by atoms with Crippen LogP contribution in [0.25, 0.3) is 0 Å². The SMILES string of the molecule is C[C@H]1C[C@@]2(C=CS(O)(O)N2c2cccc(F)c2)CCN1Cc1ccc(O)c(C(F)(F)F)c1. The summed E-state index contributed by atoms with van der Waals surface area (Å²) in [5, 5.41) is 10.9. The molecule has 3 N–H and O–H groups in total. The summed E-state index contributed by atoms with van der Waals surface area (Å²) < 4.78 is 76.0. The molecule has 0 aromatic heterocycles. The molecule has 1 saturated heterocycles. The van der Waals surface area contributed by atoms with E-state index in [4.69, 9.17) is 0 Å². The summed E-state index contributed by atoms with van der Waals surface area (Å²) in [7, 11) is -3.28. The first-order valence-electron chi connectivity index (χ1n) is 10.1. The smallest absolute Gasteiger partial charge is 0.419 e. The van der Waals surface area contributed by atoms with Gasteiger partial charge in [0.1, 0.15) is 11.6 Å². The minimum absolute atomic E-state index is 0.110. The summed E-state index contributed by atoms with van der Waals surface area (Å²) in [6.07, 6.45) is -1.94. The molecule has 10 heteroatoms. The number of alkyl halides is 3. The zero-order valence-corrected chi connectivity index (χ0v) is 18.1. The lowest BCUT2D eigenvalue weighted by Gasteiger charge is -2.52. The van der Waals surface area contributed by atoms with E-state index in [2.05, 4.69) is 0 Å². The Morgan fingerprint density at radius 3 is 2.56 bits per heavy atom. The van der Waals surface area contributed by atoms with E-state index in [0.717, 1.165) is 12.1 Å². The third-order valence-electron chi connectivity index (χ3n) is 6.13. The maximum absolute atomic E-state index is 13.8. The highest BCUT2D eigenvalue weighted by atomic mass is 32.3. The fourth-order valence-corrected chi connectivity index (χ4v) is 6.39. The third-order valence-corrected chi connectivity index (χ3v) is 7.75. The molecule has 0 bridgehead atoms. The molecule has 1 fully saturated rings. The van der Waals surface area contributed by atoms with Crippen LogP contribution in [0.4, 0.5) is 23.2 Å². The van der Waals surface area contributed by atoms with Crippen LogP contribution in [-0.4, -0.2) is 37.2 Å². The minimum atomic E-state index is -4.65. The fourth-order valence-electron chi connectivity index (χ4n) is 4.64. The molecule has 2 aromatic rings. The molecule has 5 nitrogen and oxygen atoms in total. The fraction of sp³-hybridized carbons (Fsp3) is 0.364. The predicted octanol–water partition coefficient (Wildman–Crippen LogP) is 5.97. The molecule has 2 atom stereocenters. The molecule has 2 aliphatic heterocycles. The number of halogens is 4. The van der Waals surface area contributed by atoms with Crippen molar-refractivity contribution in [1.29, 1.82) is 0 Å². The molecular formula is C22H24F4N2O3S. The molecular weight excluding hydrogens is 448 g/mol. The zero-order valence-electron chi connectivity index (χ0n) is 17.3. The van der Waals surface area contributed by atoms with Gasteiger partial charge < -0.3 is 5.11 Å². The van der Waals surface area contributed by atoms with E-state index in [1.165, 1.54) is 34.0 Å². The normalized spacial score (nSPS) is 26.6. The molecule has 0 saturated carbocycles. The summed E-state index contributed by atoms with van der Waals surface area (Å²) in [6.45, 7) is 2.66. The lowest BCUT2D eigenvalue weighted by atomic mass is 9.83. The molecule has 4 rings (SSSR count). The van der Waals surface area contributed by atoms with Gasteiger partial charge in [-0.25, -0.2) is 4.39 Å². The number of rotatable bonds is 3. The molecule has 2 heterocycles. The summed E-state index contributed by atoms with van der Waals surface area (Å²) >= 11 is 0. The van der Waals surface area contributed by atoms with Crippen molar-refractivity contribution in [3.8, 4) is 5.75 Å². The second-order valence-corrected chi connectivity index (χ2v) is 10.1. The Morgan fingerprint density at radius 2 is 1.91 bits per heavy atom. The summed E-state index contributed by atoms with van der Waals surface area (Å²) in [5.74, 6) is -1.29. The molecule has 0 aliphatic carbocycles.